The summed E-state index contributed by atoms with van der Waals surface area (Å²) in [6.45, 7) is 7.14. The van der Waals surface area contributed by atoms with E-state index in [9.17, 15) is 13.2 Å². The maximum atomic E-state index is 12.1. The summed E-state index contributed by atoms with van der Waals surface area (Å²) in [6, 6.07) is 4.53. The molecule has 0 aliphatic heterocycles. The topological polar surface area (TPSA) is 9.23 Å². The van der Waals surface area contributed by atoms with Crippen LogP contribution in [0.25, 0.3) is 6.08 Å². The van der Waals surface area contributed by atoms with Crippen LogP contribution in [0.1, 0.15) is 25.0 Å². The van der Waals surface area contributed by atoms with Gasteiger partial charge in [-0.05, 0) is 17.5 Å². The molecule has 1 aromatic rings. The Labute approximate surface area is 92.5 Å². The molecule has 0 aromatic heterocycles. The molecule has 1 rings (SSSR count). The second-order valence-corrected chi connectivity index (χ2v) is 3.47. The van der Waals surface area contributed by atoms with Crippen molar-refractivity contribution in [1.82, 2.24) is 0 Å². The maximum absolute atomic E-state index is 12.1. The van der Waals surface area contributed by atoms with E-state index in [4.69, 9.17) is 0 Å². The molecule has 1 aromatic carbocycles. The predicted molar refractivity (Wildman–Crippen MR) is 56.9 cm³/mol. The van der Waals surface area contributed by atoms with Crippen molar-refractivity contribution in [2.45, 2.75) is 20.2 Å². The van der Waals surface area contributed by atoms with E-state index < -0.39 is 6.36 Å². The fourth-order valence-electron chi connectivity index (χ4n) is 1.40. The molecule has 0 fully saturated rings. The molecule has 16 heavy (non-hydrogen) atoms. The Morgan fingerprint density at radius 3 is 2.38 bits per heavy atom. The summed E-state index contributed by atoms with van der Waals surface area (Å²) < 4.78 is 40.3. The van der Waals surface area contributed by atoms with Gasteiger partial charge in [-0.15, -0.1) is 13.2 Å². The lowest BCUT2D eigenvalue weighted by Crippen LogP contribution is -2.18. The molecule has 0 aliphatic rings. The van der Waals surface area contributed by atoms with E-state index >= 15 is 0 Å². The first-order valence-corrected chi connectivity index (χ1v) is 4.67. The quantitative estimate of drug-likeness (QED) is 0.755. The molecule has 0 N–H and O–H groups in total. The zero-order chi connectivity index (χ0) is 12.3. The van der Waals surface area contributed by atoms with Crippen LogP contribution in [0.3, 0.4) is 0 Å². The van der Waals surface area contributed by atoms with Crippen molar-refractivity contribution in [2.75, 3.05) is 0 Å². The average molecular weight is 229 g/mol. The molecule has 0 spiro atoms. The van der Waals surface area contributed by atoms with E-state index in [2.05, 4.69) is 11.3 Å². The molecule has 0 aliphatic carbocycles. The summed E-state index contributed by atoms with van der Waals surface area (Å²) in [6.07, 6.45) is -3.32. The van der Waals surface area contributed by atoms with E-state index in [1.54, 1.807) is 6.07 Å². The largest absolute Gasteiger partial charge is 0.573 e. The zero-order valence-corrected chi connectivity index (χ0v) is 9.06. The number of hydrogen-bond acceptors (Lipinski definition) is 1. The first-order valence-electron chi connectivity index (χ1n) is 4.67. The molecule has 0 bridgehead atoms. The Hall–Kier alpha value is -1.45. The third-order valence-electron chi connectivity index (χ3n) is 2.03. The van der Waals surface area contributed by atoms with Crippen molar-refractivity contribution < 1.29 is 17.9 Å². The molecule has 0 heterocycles. The first kappa shape index (κ1) is 12.6. The van der Waals surface area contributed by atoms with Gasteiger partial charge in [-0.2, -0.15) is 0 Å². The van der Waals surface area contributed by atoms with E-state index in [0.717, 1.165) is 5.92 Å². The second kappa shape index (κ2) is 4.60. The predicted octanol–water partition coefficient (Wildman–Crippen LogP) is 4.19. The Balaban J connectivity index is 3.19. The molecule has 0 saturated carbocycles. The highest BCUT2D eigenvalue weighted by atomic mass is 19.4. The third-order valence-corrected chi connectivity index (χ3v) is 2.03. The van der Waals surface area contributed by atoms with Crippen LogP contribution in [0.4, 0.5) is 13.2 Å². The van der Waals surface area contributed by atoms with Gasteiger partial charge in [0.05, 0.1) is 0 Å². The Morgan fingerprint density at radius 2 is 1.94 bits per heavy atom. The molecular formula is C12H12F3O. The van der Waals surface area contributed by atoms with Crippen LogP contribution < -0.4 is 4.74 Å². The van der Waals surface area contributed by atoms with Gasteiger partial charge in [0, 0.05) is 5.56 Å². The lowest BCUT2D eigenvalue weighted by atomic mass is 9.96. The Kier molecular flexibility index (Phi) is 3.62. The van der Waals surface area contributed by atoms with Crippen molar-refractivity contribution in [3.8, 4) is 5.75 Å². The van der Waals surface area contributed by atoms with Gasteiger partial charge in [0.15, 0.2) is 0 Å². The fourth-order valence-corrected chi connectivity index (χ4v) is 1.40. The number of rotatable bonds is 3. The lowest BCUT2D eigenvalue weighted by molar-refractivity contribution is -0.274. The summed E-state index contributed by atoms with van der Waals surface area (Å²) >= 11 is 0. The number of alkyl halides is 3. The number of hydrogen-bond donors (Lipinski definition) is 0. The SMILES string of the molecule is C=Cc1c(OC(F)(F)F)cccc1[C](C)C. The van der Waals surface area contributed by atoms with Crippen molar-refractivity contribution in [1.29, 1.82) is 0 Å². The van der Waals surface area contributed by atoms with Gasteiger partial charge in [0.2, 0.25) is 0 Å². The summed E-state index contributed by atoms with van der Waals surface area (Å²) in [5.41, 5.74) is 1.07. The molecule has 0 amide bonds. The second-order valence-electron chi connectivity index (χ2n) is 3.47. The van der Waals surface area contributed by atoms with Crippen molar-refractivity contribution in [3.63, 3.8) is 0 Å². The van der Waals surface area contributed by atoms with Crippen LogP contribution in [0.5, 0.6) is 5.75 Å². The minimum absolute atomic E-state index is 0.221. The minimum atomic E-state index is -4.68. The van der Waals surface area contributed by atoms with Crippen molar-refractivity contribution in [3.05, 3.63) is 41.8 Å². The fraction of sp³-hybridized carbons (Fsp3) is 0.250. The van der Waals surface area contributed by atoms with Gasteiger partial charge in [0.25, 0.3) is 0 Å². The standard InChI is InChI=1S/C12H12F3O/c1-4-9-10(8(2)3)6-5-7-11(9)16-12(13,14)15/h4-7H,1H2,2-3H3. The van der Waals surface area contributed by atoms with Crippen LogP contribution in [0.2, 0.25) is 0 Å². The van der Waals surface area contributed by atoms with Crippen molar-refractivity contribution in [2.24, 2.45) is 0 Å². The molecule has 0 unspecified atom stereocenters. The van der Waals surface area contributed by atoms with E-state index in [1.807, 2.05) is 13.8 Å². The van der Waals surface area contributed by atoms with Crippen LogP contribution in [0.15, 0.2) is 24.8 Å². The monoisotopic (exact) mass is 229 g/mol. The molecule has 87 valence electrons. The molecule has 4 heteroatoms. The minimum Gasteiger partial charge on any atom is -0.405 e. The normalized spacial score (nSPS) is 11.6. The maximum Gasteiger partial charge on any atom is 0.573 e. The molecule has 1 radical (unpaired) electrons. The highest BCUT2D eigenvalue weighted by Crippen LogP contribution is 2.32. The van der Waals surface area contributed by atoms with Crippen LogP contribution in [-0.4, -0.2) is 6.36 Å². The van der Waals surface area contributed by atoms with E-state index in [0.29, 0.717) is 11.1 Å². The van der Waals surface area contributed by atoms with Crippen LogP contribution in [-0.2, 0) is 0 Å². The summed E-state index contributed by atoms with van der Waals surface area (Å²) in [7, 11) is 0. The number of ether oxygens (including phenoxy) is 1. The summed E-state index contributed by atoms with van der Waals surface area (Å²) in [5.74, 6) is 0.684. The van der Waals surface area contributed by atoms with E-state index in [-0.39, 0.29) is 5.75 Å². The number of halogens is 3. The van der Waals surface area contributed by atoms with Crippen LogP contribution >= 0.6 is 0 Å². The lowest BCUT2D eigenvalue weighted by Gasteiger charge is -2.15. The van der Waals surface area contributed by atoms with Gasteiger partial charge in [-0.1, -0.05) is 38.6 Å². The highest BCUT2D eigenvalue weighted by molar-refractivity contribution is 5.63. The molecule has 0 saturated heterocycles. The Bertz CT molecular complexity index is 380. The molecule has 1 nitrogen and oxygen atoms in total. The first-order chi connectivity index (χ1) is 7.35. The van der Waals surface area contributed by atoms with E-state index in [1.165, 1.54) is 18.2 Å². The molecular weight excluding hydrogens is 217 g/mol. The van der Waals surface area contributed by atoms with Gasteiger partial charge in [-0.3, -0.25) is 0 Å². The number of benzene rings is 1. The summed E-state index contributed by atoms with van der Waals surface area (Å²) in [5, 5.41) is 0. The third kappa shape index (κ3) is 3.02. The van der Waals surface area contributed by atoms with Gasteiger partial charge < -0.3 is 4.74 Å². The Morgan fingerprint density at radius 1 is 1.31 bits per heavy atom. The van der Waals surface area contributed by atoms with Crippen LogP contribution in [0, 0.1) is 5.92 Å². The van der Waals surface area contributed by atoms with Crippen molar-refractivity contribution >= 4 is 6.08 Å². The smallest absolute Gasteiger partial charge is 0.405 e. The summed E-state index contributed by atoms with van der Waals surface area (Å²) in [4.78, 5) is 0. The zero-order valence-electron chi connectivity index (χ0n) is 9.06. The van der Waals surface area contributed by atoms with Gasteiger partial charge in [0.1, 0.15) is 5.75 Å². The molecule has 0 atom stereocenters. The average Bonchev–Trinajstić information content (AvgIpc) is 2.14. The van der Waals surface area contributed by atoms with Gasteiger partial charge in [-0.25, -0.2) is 0 Å². The highest BCUT2D eigenvalue weighted by Gasteiger charge is 2.32. The van der Waals surface area contributed by atoms with Gasteiger partial charge >= 0.3 is 6.36 Å².